The van der Waals surface area contributed by atoms with Gasteiger partial charge in [-0.1, -0.05) is 25.0 Å². The highest BCUT2D eigenvalue weighted by atomic mass is 16.5. The van der Waals surface area contributed by atoms with Crippen LogP contribution >= 0.6 is 0 Å². The fraction of sp³-hybridized carbons (Fsp3) is 0.556. The van der Waals surface area contributed by atoms with Gasteiger partial charge in [0.05, 0.1) is 11.7 Å². The number of aryl methyl sites for hydroxylation is 1. The zero-order chi connectivity index (χ0) is 16.2. The van der Waals surface area contributed by atoms with E-state index in [0.29, 0.717) is 12.6 Å². The molecule has 1 aliphatic heterocycles. The Bertz CT molecular complexity index is 652. The fourth-order valence-electron chi connectivity index (χ4n) is 3.30. The van der Waals surface area contributed by atoms with Crippen LogP contribution in [0.5, 0.6) is 0 Å². The first-order valence-corrected chi connectivity index (χ1v) is 8.41. The maximum atomic E-state index is 5.24. The first-order valence-electron chi connectivity index (χ1n) is 8.41. The van der Waals surface area contributed by atoms with E-state index in [1.54, 1.807) is 7.11 Å². The molecule has 1 aromatic heterocycles. The van der Waals surface area contributed by atoms with Gasteiger partial charge in [-0.3, -0.25) is 4.90 Å². The number of hydrogen-bond acceptors (Lipinski definition) is 4. The lowest BCUT2D eigenvalue weighted by molar-refractivity contribution is 0.177. The molecule has 0 radical (unpaired) electrons. The van der Waals surface area contributed by atoms with E-state index in [-0.39, 0.29) is 0 Å². The Labute approximate surface area is 138 Å². The van der Waals surface area contributed by atoms with Crippen molar-refractivity contribution >= 4 is 0 Å². The van der Waals surface area contributed by atoms with Crippen molar-refractivity contribution in [1.82, 2.24) is 19.7 Å². The summed E-state index contributed by atoms with van der Waals surface area (Å²) in [6.07, 6.45) is 4.93. The first kappa shape index (κ1) is 16.1. The predicted octanol–water partition coefficient (Wildman–Crippen LogP) is 3.27. The van der Waals surface area contributed by atoms with Crippen molar-refractivity contribution in [2.75, 3.05) is 20.7 Å². The highest BCUT2D eigenvalue weighted by molar-refractivity contribution is 5.35. The van der Waals surface area contributed by atoms with Crippen molar-refractivity contribution in [3.63, 3.8) is 0 Å². The van der Waals surface area contributed by atoms with Crippen molar-refractivity contribution in [3.05, 3.63) is 41.5 Å². The lowest BCUT2D eigenvalue weighted by atomic mass is 10.1. The molecule has 1 saturated heterocycles. The molecule has 0 N–H and O–H groups in total. The minimum absolute atomic E-state index is 0.316. The molecule has 3 rings (SSSR count). The maximum Gasteiger partial charge on any atom is 0.177 e. The molecular formula is C18H26N4O. The topological polar surface area (TPSA) is 43.2 Å². The molecule has 1 aromatic carbocycles. The van der Waals surface area contributed by atoms with Crippen LogP contribution in [0.15, 0.2) is 24.3 Å². The van der Waals surface area contributed by atoms with Crippen molar-refractivity contribution in [1.29, 1.82) is 0 Å². The molecule has 5 nitrogen and oxygen atoms in total. The quantitative estimate of drug-likeness (QED) is 0.869. The molecule has 124 valence electrons. The van der Waals surface area contributed by atoms with Gasteiger partial charge in [-0.25, -0.2) is 9.67 Å². The molecule has 1 atom stereocenters. The Hall–Kier alpha value is -1.72. The standard InChI is InChI=1S/C18H26N4O/c1-14-8-7-9-15(12-14)22-18(19-17(20-22)13-23-3)16-10-5-4-6-11-21(16)2/h7-9,12,16H,4-6,10-11,13H2,1-3H3. The van der Waals surface area contributed by atoms with Crippen LogP contribution in [-0.4, -0.2) is 40.4 Å². The molecule has 1 aliphatic rings. The molecule has 2 aromatic rings. The molecule has 0 spiro atoms. The number of benzene rings is 1. The van der Waals surface area contributed by atoms with E-state index >= 15 is 0 Å². The molecular weight excluding hydrogens is 288 g/mol. The van der Waals surface area contributed by atoms with Crippen LogP contribution in [0.3, 0.4) is 0 Å². The summed E-state index contributed by atoms with van der Waals surface area (Å²) in [5.74, 6) is 1.79. The second-order valence-corrected chi connectivity index (χ2v) is 6.42. The Morgan fingerprint density at radius 2 is 2.13 bits per heavy atom. The average Bonchev–Trinajstić information content (AvgIpc) is 2.82. The fourth-order valence-corrected chi connectivity index (χ4v) is 3.30. The van der Waals surface area contributed by atoms with E-state index in [1.165, 1.54) is 24.8 Å². The molecule has 23 heavy (non-hydrogen) atoms. The van der Waals surface area contributed by atoms with Gasteiger partial charge >= 0.3 is 0 Å². The maximum absolute atomic E-state index is 5.24. The van der Waals surface area contributed by atoms with E-state index in [1.807, 2.05) is 4.68 Å². The monoisotopic (exact) mass is 314 g/mol. The third-order valence-electron chi connectivity index (χ3n) is 4.51. The molecule has 1 fully saturated rings. The van der Waals surface area contributed by atoms with Crippen LogP contribution in [0.2, 0.25) is 0 Å². The molecule has 1 unspecified atom stereocenters. The number of likely N-dealkylation sites (tertiary alicyclic amines) is 1. The molecule has 0 amide bonds. The Morgan fingerprint density at radius 1 is 1.26 bits per heavy atom. The minimum atomic E-state index is 0.316. The van der Waals surface area contributed by atoms with Crippen LogP contribution < -0.4 is 0 Å². The molecule has 5 heteroatoms. The summed E-state index contributed by atoms with van der Waals surface area (Å²) in [4.78, 5) is 7.22. The van der Waals surface area contributed by atoms with E-state index in [4.69, 9.17) is 14.8 Å². The molecule has 0 bridgehead atoms. The van der Waals surface area contributed by atoms with Crippen molar-refractivity contribution in [2.45, 2.75) is 45.3 Å². The second kappa shape index (κ2) is 7.23. The summed E-state index contributed by atoms with van der Waals surface area (Å²) in [5, 5.41) is 4.71. The number of methoxy groups -OCH3 is 1. The van der Waals surface area contributed by atoms with Gasteiger partial charge in [0.1, 0.15) is 12.4 Å². The highest BCUT2D eigenvalue weighted by Gasteiger charge is 2.26. The van der Waals surface area contributed by atoms with Crippen LogP contribution in [0.25, 0.3) is 5.69 Å². The minimum Gasteiger partial charge on any atom is -0.377 e. The van der Waals surface area contributed by atoms with Crippen molar-refractivity contribution < 1.29 is 4.74 Å². The zero-order valence-electron chi connectivity index (χ0n) is 14.3. The number of nitrogens with zero attached hydrogens (tertiary/aromatic N) is 4. The van der Waals surface area contributed by atoms with E-state index in [0.717, 1.165) is 30.3 Å². The average molecular weight is 314 g/mol. The third kappa shape index (κ3) is 3.62. The van der Waals surface area contributed by atoms with Crippen LogP contribution in [0, 0.1) is 6.92 Å². The van der Waals surface area contributed by atoms with Gasteiger partial charge in [-0.05, 0) is 51.1 Å². The van der Waals surface area contributed by atoms with Crippen LogP contribution in [0.4, 0.5) is 0 Å². The summed E-state index contributed by atoms with van der Waals surface area (Å²) in [6, 6.07) is 8.75. The lowest BCUT2D eigenvalue weighted by Gasteiger charge is -2.25. The van der Waals surface area contributed by atoms with Crippen LogP contribution in [0.1, 0.15) is 48.9 Å². The third-order valence-corrected chi connectivity index (χ3v) is 4.51. The van der Waals surface area contributed by atoms with Gasteiger partial charge in [0.2, 0.25) is 0 Å². The Kier molecular flexibility index (Phi) is 5.08. The van der Waals surface area contributed by atoms with Gasteiger partial charge in [-0.15, -0.1) is 5.10 Å². The smallest absolute Gasteiger partial charge is 0.177 e. The number of ether oxygens (including phenoxy) is 1. The first-order chi connectivity index (χ1) is 11.2. The molecule has 0 saturated carbocycles. The zero-order valence-corrected chi connectivity index (χ0v) is 14.3. The summed E-state index contributed by atoms with van der Waals surface area (Å²) >= 11 is 0. The number of hydrogen-bond donors (Lipinski definition) is 0. The van der Waals surface area contributed by atoms with Gasteiger partial charge in [0.15, 0.2) is 5.82 Å². The van der Waals surface area contributed by atoms with E-state index < -0.39 is 0 Å². The van der Waals surface area contributed by atoms with Crippen LogP contribution in [-0.2, 0) is 11.3 Å². The van der Waals surface area contributed by atoms with E-state index in [9.17, 15) is 0 Å². The largest absolute Gasteiger partial charge is 0.377 e. The van der Waals surface area contributed by atoms with Gasteiger partial charge in [-0.2, -0.15) is 0 Å². The van der Waals surface area contributed by atoms with Crippen molar-refractivity contribution in [3.8, 4) is 5.69 Å². The Balaban J connectivity index is 2.03. The highest BCUT2D eigenvalue weighted by Crippen LogP contribution is 2.29. The second-order valence-electron chi connectivity index (χ2n) is 6.42. The Morgan fingerprint density at radius 3 is 2.91 bits per heavy atom. The summed E-state index contributed by atoms with van der Waals surface area (Å²) in [5.41, 5.74) is 2.30. The van der Waals surface area contributed by atoms with E-state index in [2.05, 4.69) is 43.1 Å². The summed E-state index contributed by atoms with van der Waals surface area (Å²) in [6.45, 7) is 3.67. The van der Waals surface area contributed by atoms with Crippen molar-refractivity contribution in [2.24, 2.45) is 0 Å². The summed E-state index contributed by atoms with van der Waals surface area (Å²) < 4.78 is 7.25. The molecule has 2 heterocycles. The number of rotatable bonds is 4. The molecule has 0 aliphatic carbocycles. The predicted molar refractivity (Wildman–Crippen MR) is 90.6 cm³/mol. The van der Waals surface area contributed by atoms with Gasteiger partial charge in [0, 0.05) is 7.11 Å². The number of aromatic nitrogens is 3. The van der Waals surface area contributed by atoms with Gasteiger partial charge < -0.3 is 4.74 Å². The normalized spacial score (nSPS) is 19.7. The van der Waals surface area contributed by atoms with Gasteiger partial charge in [0.25, 0.3) is 0 Å². The lowest BCUT2D eigenvalue weighted by Crippen LogP contribution is -2.26. The summed E-state index contributed by atoms with van der Waals surface area (Å²) in [7, 11) is 3.88. The SMILES string of the molecule is COCc1nc(C2CCCCCN2C)n(-c2cccc(C)c2)n1.